The van der Waals surface area contributed by atoms with Crippen molar-refractivity contribution in [3.05, 3.63) is 0 Å². The van der Waals surface area contributed by atoms with Gasteiger partial charge in [-0.3, -0.25) is 4.99 Å². The van der Waals surface area contributed by atoms with Crippen molar-refractivity contribution in [3.63, 3.8) is 0 Å². The van der Waals surface area contributed by atoms with Gasteiger partial charge in [-0.25, -0.2) is 0 Å². The molecule has 124 valence electrons. The topological polar surface area (TPSA) is 48.9 Å². The standard InChI is InChI=1S/C15H30N4O.HI/c1-3-16-15(18-13-7-5-4-6-8-13)17-11-14-12-19(2)9-10-20-14;/h13-14H,3-12H2,1-2H3,(H2,16,17,18);1H. The summed E-state index contributed by atoms with van der Waals surface area (Å²) in [6.45, 7) is 6.59. The van der Waals surface area contributed by atoms with Gasteiger partial charge in [-0.05, 0) is 26.8 Å². The zero-order valence-corrected chi connectivity index (χ0v) is 15.8. The van der Waals surface area contributed by atoms with E-state index in [0.29, 0.717) is 6.04 Å². The molecule has 0 aromatic carbocycles. The van der Waals surface area contributed by atoms with Gasteiger partial charge < -0.3 is 20.3 Å². The third kappa shape index (κ3) is 7.15. The van der Waals surface area contributed by atoms with E-state index in [-0.39, 0.29) is 30.1 Å². The van der Waals surface area contributed by atoms with Gasteiger partial charge in [-0.2, -0.15) is 0 Å². The highest BCUT2D eigenvalue weighted by Gasteiger charge is 2.18. The first-order valence-corrected chi connectivity index (χ1v) is 8.13. The summed E-state index contributed by atoms with van der Waals surface area (Å²) in [5, 5.41) is 6.93. The molecule has 1 aliphatic heterocycles. The van der Waals surface area contributed by atoms with Crippen LogP contribution < -0.4 is 10.6 Å². The van der Waals surface area contributed by atoms with Crippen LogP contribution in [0.2, 0.25) is 0 Å². The number of hydrogen-bond donors (Lipinski definition) is 2. The summed E-state index contributed by atoms with van der Waals surface area (Å²) in [5.41, 5.74) is 0. The lowest BCUT2D eigenvalue weighted by Crippen LogP contribution is -2.46. The molecule has 2 aliphatic rings. The molecule has 1 saturated heterocycles. The highest BCUT2D eigenvalue weighted by atomic mass is 127. The first-order valence-electron chi connectivity index (χ1n) is 8.13. The number of morpholine rings is 1. The lowest BCUT2D eigenvalue weighted by atomic mass is 9.96. The van der Waals surface area contributed by atoms with E-state index in [1.165, 1.54) is 32.1 Å². The molecular weight excluding hydrogens is 379 g/mol. The summed E-state index contributed by atoms with van der Waals surface area (Å²) >= 11 is 0. The van der Waals surface area contributed by atoms with Crippen molar-refractivity contribution in [2.75, 3.05) is 39.8 Å². The van der Waals surface area contributed by atoms with E-state index in [0.717, 1.165) is 38.7 Å². The average Bonchev–Trinajstić information content (AvgIpc) is 2.46. The molecule has 5 nitrogen and oxygen atoms in total. The minimum Gasteiger partial charge on any atom is -0.374 e. The second-order valence-electron chi connectivity index (χ2n) is 5.95. The van der Waals surface area contributed by atoms with Crippen molar-refractivity contribution in [1.82, 2.24) is 15.5 Å². The quantitative estimate of drug-likeness (QED) is 0.422. The van der Waals surface area contributed by atoms with Gasteiger partial charge in [0.1, 0.15) is 0 Å². The minimum absolute atomic E-state index is 0. The number of nitrogens with one attached hydrogen (secondary N) is 2. The van der Waals surface area contributed by atoms with Crippen LogP contribution in [0, 0.1) is 0 Å². The van der Waals surface area contributed by atoms with Crippen molar-refractivity contribution < 1.29 is 4.74 Å². The summed E-state index contributed by atoms with van der Waals surface area (Å²) < 4.78 is 5.76. The van der Waals surface area contributed by atoms with Gasteiger partial charge >= 0.3 is 0 Å². The normalized spacial score (nSPS) is 25.2. The van der Waals surface area contributed by atoms with E-state index >= 15 is 0 Å². The number of rotatable bonds is 4. The minimum atomic E-state index is 0. The van der Waals surface area contributed by atoms with Crippen molar-refractivity contribution in [2.24, 2.45) is 4.99 Å². The third-order valence-corrected chi connectivity index (χ3v) is 4.09. The molecule has 1 aliphatic carbocycles. The molecule has 0 aromatic heterocycles. The molecule has 0 spiro atoms. The molecule has 0 radical (unpaired) electrons. The molecule has 2 rings (SSSR count). The number of ether oxygens (including phenoxy) is 1. The summed E-state index contributed by atoms with van der Waals surface area (Å²) in [5.74, 6) is 0.955. The Kier molecular flexibility index (Phi) is 9.59. The van der Waals surface area contributed by atoms with Crippen molar-refractivity contribution >= 4 is 29.9 Å². The predicted octanol–water partition coefficient (Wildman–Crippen LogP) is 1.82. The monoisotopic (exact) mass is 410 g/mol. The lowest BCUT2D eigenvalue weighted by molar-refractivity contribution is -0.0136. The maximum absolute atomic E-state index is 5.76. The maximum atomic E-state index is 5.76. The molecule has 0 bridgehead atoms. The number of halogens is 1. The van der Waals surface area contributed by atoms with E-state index in [4.69, 9.17) is 9.73 Å². The van der Waals surface area contributed by atoms with Crippen LogP contribution in [-0.4, -0.2) is 62.8 Å². The smallest absolute Gasteiger partial charge is 0.191 e. The molecule has 0 amide bonds. The van der Waals surface area contributed by atoms with Gasteiger partial charge in [0.05, 0.1) is 19.3 Å². The van der Waals surface area contributed by atoms with E-state index in [1.807, 2.05) is 0 Å². The molecule has 2 N–H and O–H groups in total. The van der Waals surface area contributed by atoms with Crippen LogP contribution in [0.25, 0.3) is 0 Å². The van der Waals surface area contributed by atoms with Crippen LogP contribution in [0.15, 0.2) is 4.99 Å². The number of nitrogens with zero attached hydrogens (tertiary/aromatic N) is 2. The second kappa shape index (κ2) is 10.6. The molecule has 1 unspecified atom stereocenters. The van der Waals surface area contributed by atoms with Crippen LogP contribution in [0.3, 0.4) is 0 Å². The van der Waals surface area contributed by atoms with E-state index in [9.17, 15) is 0 Å². The molecule has 21 heavy (non-hydrogen) atoms. The number of aliphatic imine (C=N–C) groups is 1. The summed E-state index contributed by atoms with van der Waals surface area (Å²) in [6.07, 6.45) is 6.84. The van der Waals surface area contributed by atoms with Crippen LogP contribution in [0.1, 0.15) is 39.0 Å². The Morgan fingerprint density at radius 1 is 1.29 bits per heavy atom. The number of hydrogen-bond acceptors (Lipinski definition) is 3. The molecular formula is C15H31IN4O. The Labute approximate surface area is 146 Å². The first kappa shape index (κ1) is 19.0. The van der Waals surface area contributed by atoms with Crippen molar-refractivity contribution in [3.8, 4) is 0 Å². The maximum Gasteiger partial charge on any atom is 0.191 e. The lowest BCUT2D eigenvalue weighted by Gasteiger charge is -2.29. The van der Waals surface area contributed by atoms with Gasteiger partial charge in [0.25, 0.3) is 0 Å². The zero-order chi connectivity index (χ0) is 14.2. The van der Waals surface area contributed by atoms with Crippen LogP contribution >= 0.6 is 24.0 Å². The van der Waals surface area contributed by atoms with E-state index in [1.54, 1.807) is 0 Å². The summed E-state index contributed by atoms with van der Waals surface area (Å²) in [4.78, 5) is 7.02. The van der Waals surface area contributed by atoms with Gasteiger partial charge in [0.2, 0.25) is 0 Å². The molecule has 6 heteroatoms. The molecule has 0 aromatic rings. The SMILES string of the molecule is CCNC(=NCC1CN(C)CCO1)NC1CCCCC1.I. The van der Waals surface area contributed by atoms with Crippen LogP contribution in [0.4, 0.5) is 0 Å². The third-order valence-electron chi connectivity index (χ3n) is 4.09. The average molecular weight is 410 g/mol. The van der Waals surface area contributed by atoms with Gasteiger partial charge in [-0.1, -0.05) is 19.3 Å². The summed E-state index contributed by atoms with van der Waals surface area (Å²) in [6, 6.07) is 0.594. The molecule has 2 fully saturated rings. The largest absolute Gasteiger partial charge is 0.374 e. The Hall–Kier alpha value is -0.0800. The number of likely N-dealkylation sites (N-methyl/N-ethyl adjacent to an activating group) is 1. The Bertz CT molecular complexity index is 308. The Morgan fingerprint density at radius 2 is 2.05 bits per heavy atom. The fraction of sp³-hybridized carbons (Fsp3) is 0.933. The number of guanidine groups is 1. The summed E-state index contributed by atoms with van der Waals surface area (Å²) in [7, 11) is 2.14. The van der Waals surface area contributed by atoms with E-state index < -0.39 is 0 Å². The van der Waals surface area contributed by atoms with Crippen molar-refractivity contribution in [2.45, 2.75) is 51.2 Å². The van der Waals surface area contributed by atoms with Gasteiger partial charge in [0, 0.05) is 25.7 Å². The van der Waals surface area contributed by atoms with Crippen LogP contribution in [0.5, 0.6) is 0 Å². The fourth-order valence-electron chi connectivity index (χ4n) is 2.93. The highest BCUT2D eigenvalue weighted by molar-refractivity contribution is 14.0. The second-order valence-corrected chi connectivity index (χ2v) is 5.95. The van der Waals surface area contributed by atoms with Gasteiger partial charge in [0.15, 0.2) is 5.96 Å². The first-order chi connectivity index (χ1) is 9.78. The Morgan fingerprint density at radius 3 is 2.71 bits per heavy atom. The molecule has 1 atom stereocenters. The fourth-order valence-corrected chi connectivity index (χ4v) is 2.93. The molecule has 1 saturated carbocycles. The van der Waals surface area contributed by atoms with Crippen LogP contribution in [-0.2, 0) is 4.74 Å². The highest BCUT2D eigenvalue weighted by Crippen LogP contribution is 2.17. The predicted molar refractivity (Wildman–Crippen MR) is 98.6 cm³/mol. The van der Waals surface area contributed by atoms with Crippen molar-refractivity contribution in [1.29, 1.82) is 0 Å². The zero-order valence-electron chi connectivity index (χ0n) is 13.4. The molecule has 1 heterocycles. The van der Waals surface area contributed by atoms with E-state index in [2.05, 4.69) is 29.5 Å². The Balaban J connectivity index is 0.00000220. The van der Waals surface area contributed by atoms with Gasteiger partial charge in [-0.15, -0.1) is 24.0 Å².